The number of hydrogen-bond acceptors (Lipinski definition) is 5. The molecule has 2 rings (SSSR count). The van der Waals surface area contributed by atoms with Crippen LogP contribution in [0, 0.1) is 5.82 Å². The number of hydroxylamine groups is 1. The Morgan fingerprint density at radius 2 is 2.19 bits per heavy atom. The standard InChI is InChI=1S/C10H8ClFN2O6S/c11-4-1-5(10(16)17)8(12)7(2-4)21(18,19)14-6-3-20-13-9(6)15/h1-2,6,14H,3H2,(H,13,15)(H,16,17)/t6-/m1/s1. The third kappa shape index (κ3) is 3.13. The van der Waals surface area contributed by atoms with Gasteiger partial charge >= 0.3 is 5.97 Å². The van der Waals surface area contributed by atoms with Gasteiger partial charge in [-0.05, 0) is 12.1 Å². The molecule has 1 fully saturated rings. The van der Waals surface area contributed by atoms with Crippen LogP contribution in [-0.2, 0) is 19.7 Å². The Morgan fingerprint density at radius 3 is 2.71 bits per heavy atom. The molecular formula is C10H8ClFN2O6S. The van der Waals surface area contributed by atoms with Crippen LogP contribution in [0.25, 0.3) is 0 Å². The van der Waals surface area contributed by atoms with E-state index in [4.69, 9.17) is 16.7 Å². The number of halogens is 2. The van der Waals surface area contributed by atoms with Crippen LogP contribution in [0.2, 0.25) is 5.02 Å². The van der Waals surface area contributed by atoms with E-state index in [9.17, 15) is 22.4 Å². The van der Waals surface area contributed by atoms with Gasteiger partial charge in [0.1, 0.15) is 17.5 Å². The number of hydrogen-bond donors (Lipinski definition) is 3. The molecular weight excluding hydrogens is 331 g/mol. The summed E-state index contributed by atoms with van der Waals surface area (Å²) >= 11 is 5.59. The van der Waals surface area contributed by atoms with E-state index in [-0.39, 0.29) is 11.6 Å². The maximum atomic E-state index is 14.0. The Bertz CT molecular complexity index is 723. The van der Waals surface area contributed by atoms with Crippen LogP contribution < -0.4 is 10.2 Å². The first kappa shape index (κ1) is 15.6. The van der Waals surface area contributed by atoms with Crippen molar-refractivity contribution in [2.45, 2.75) is 10.9 Å². The van der Waals surface area contributed by atoms with Crippen molar-refractivity contribution in [1.82, 2.24) is 10.2 Å². The van der Waals surface area contributed by atoms with Gasteiger partial charge in [0.05, 0.1) is 5.56 Å². The number of carboxylic acids is 1. The molecule has 1 heterocycles. The van der Waals surface area contributed by atoms with Gasteiger partial charge in [-0.15, -0.1) is 0 Å². The molecule has 114 valence electrons. The number of carbonyl (C=O) groups is 2. The number of amides is 1. The number of sulfonamides is 1. The fraction of sp³-hybridized carbons (Fsp3) is 0.200. The SMILES string of the molecule is O=C(O)c1cc(Cl)cc(S(=O)(=O)N[C@@H]2CONC2=O)c1F. The average Bonchev–Trinajstić information content (AvgIpc) is 2.76. The van der Waals surface area contributed by atoms with Crippen molar-refractivity contribution in [3.05, 3.63) is 28.5 Å². The fourth-order valence-electron chi connectivity index (χ4n) is 1.60. The zero-order chi connectivity index (χ0) is 15.8. The molecule has 1 aliphatic heterocycles. The highest BCUT2D eigenvalue weighted by Crippen LogP contribution is 2.24. The van der Waals surface area contributed by atoms with E-state index >= 15 is 0 Å². The Labute approximate surface area is 122 Å². The maximum Gasteiger partial charge on any atom is 0.338 e. The van der Waals surface area contributed by atoms with Gasteiger partial charge in [0.25, 0.3) is 5.91 Å². The molecule has 0 unspecified atom stereocenters. The topological polar surface area (TPSA) is 122 Å². The second-order valence-electron chi connectivity index (χ2n) is 4.02. The highest BCUT2D eigenvalue weighted by atomic mass is 35.5. The quantitative estimate of drug-likeness (QED) is 0.704. The molecule has 0 bridgehead atoms. The summed E-state index contributed by atoms with van der Waals surface area (Å²) in [6, 6.07) is 0.282. The van der Waals surface area contributed by atoms with Crippen molar-refractivity contribution in [3.63, 3.8) is 0 Å². The fourth-order valence-corrected chi connectivity index (χ4v) is 3.18. The predicted octanol–water partition coefficient (Wildman–Crippen LogP) is -0.114. The van der Waals surface area contributed by atoms with Gasteiger partial charge in [-0.1, -0.05) is 11.6 Å². The number of nitrogens with one attached hydrogen (secondary N) is 2. The highest BCUT2D eigenvalue weighted by molar-refractivity contribution is 7.89. The molecule has 1 aromatic rings. The van der Waals surface area contributed by atoms with E-state index < -0.39 is 44.2 Å². The number of carboxylic acid groups (broad SMARTS) is 1. The van der Waals surface area contributed by atoms with Crippen molar-refractivity contribution in [1.29, 1.82) is 0 Å². The van der Waals surface area contributed by atoms with Gasteiger partial charge < -0.3 is 5.11 Å². The molecule has 1 aromatic carbocycles. The van der Waals surface area contributed by atoms with Gasteiger partial charge in [0, 0.05) is 5.02 Å². The zero-order valence-electron chi connectivity index (χ0n) is 10.1. The molecule has 8 nitrogen and oxygen atoms in total. The van der Waals surface area contributed by atoms with Crippen molar-refractivity contribution < 1.29 is 32.3 Å². The lowest BCUT2D eigenvalue weighted by Gasteiger charge is -2.11. The van der Waals surface area contributed by atoms with Crippen LogP contribution in [0.1, 0.15) is 10.4 Å². The Morgan fingerprint density at radius 1 is 1.52 bits per heavy atom. The second kappa shape index (κ2) is 5.56. The summed E-state index contributed by atoms with van der Waals surface area (Å²) < 4.78 is 40.0. The minimum Gasteiger partial charge on any atom is -0.478 e. The molecule has 11 heteroatoms. The lowest BCUT2D eigenvalue weighted by atomic mass is 10.2. The predicted molar refractivity (Wildman–Crippen MR) is 66.6 cm³/mol. The Balaban J connectivity index is 2.44. The van der Waals surface area contributed by atoms with Crippen LogP contribution in [0.15, 0.2) is 17.0 Å². The summed E-state index contributed by atoms with van der Waals surface area (Å²) in [7, 11) is -4.50. The molecule has 0 spiro atoms. The summed E-state index contributed by atoms with van der Waals surface area (Å²) in [5, 5.41) is 8.53. The van der Waals surface area contributed by atoms with Gasteiger partial charge in [-0.3, -0.25) is 9.63 Å². The molecule has 0 saturated carbocycles. The normalized spacial score (nSPS) is 18.6. The molecule has 0 radical (unpaired) electrons. The van der Waals surface area contributed by atoms with Crippen LogP contribution in [0.4, 0.5) is 4.39 Å². The third-order valence-electron chi connectivity index (χ3n) is 2.56. The summed E-state index contributed by atoms with van der Waals surface area (Å²) in [5.41, 5.74) is 1.03. The van der Waals surface area contributed by atoms with Crippen molar-refractivity contribution >= 4 is 33.5 Å². The van der Waals surface area contributed by atoms with E-state index in [2.05, 4.69) is 4.84 Å². The molecule has 21 heavy (non-hydrogen) atoms. The first-order valence-electron chi connectivity index (χ1n) is 5.38. The third-order valence-corrected chi connectivity index (χ3v) is 4.25. The van der Waals surface area contributed by atoms with E-state index in [1.165, 1.54) is 0 Å². The van der Waals surface area contributed by atoms with Gasteiger partial charge in [0.2, 0.25) is 10.0 Å². The van der Waals surface area contributed by atoms with E-state index in [0.717, 1.165) is 12.1 Å². The molecule has 3 N–H and O–H groups in total. The van der Waals surface area contributed by atoms with Crippen LogP contribution in [0.5, 0.6) is 0 Å². The number of rotatable bonds is 4. The monoisotopic (exact) mass is 338 g/mol. The number of benzene rings is 1. The second-order valence-corrected chi connectivity index (χ2v) is 6.14. The first-order valence-corrected chi connectivity index (χ1v) is 7.25. The van der Waals surface area contributed by atoms with E-state index in [0.29, 0.717) is 0 Å². The summed E-state index contributed by atoms with van der Waals surface area (Å²) in [4.78, 5) is 25.6. The molecule has 1 aliphatic rings. The Kier molecular flexibility index (Phi) is 4.14. The highest BCUT2D eigenvalue weighted by Gasteiger charge is 2.33. The average molecular weight is 339 g/mol. The lowest BCUT2D eigenvalue weighted by molar-refractivity contribution is -0.124. The summed E-state index contributed by atoms with van der Waals surface area (Å²) in [6.45, 7) is -0.286. The van der Waals surface area contributed by atoms with Crippen molar-refractivity contribution in [3.8, 4) is 0 Å². The van der Waals surface area contributed by atoms with Gasteiger partial charge in [0.15, 0.2) is 5.82 Å². The van der Waals surface area contributed by atoms with Crippen LogP contribution in [-0.4, -0.2) is 38.0 Å². The molecule has 0 aromatic heterocycles. The van der Waals surface area contributed by atoms with Gasteiger partial charge in [-0.2, -0.15) is 4.72 Å². The minimum atomic E-state index is -4.50. The van der Waals surface area contributed by atoms with Crippen molar-refractivity contribution in [2.24, 2.45) is 0 Å². The number of carbonyl (C=O) groups excluding carboxylic acids is 1. The van der Waals surface area contributed by atoms with Gasteiger partial charge in [-0.25, -0.2) is 23.1 Å². The van der Waals surface area contributed by atoms with E-state index in [1.807, 2.05) is 10.2 Å². The maximum absolute atomic E-state index is 14.0. The molecule has 1 atom stereocenters. The first-order chi connectivity index (χ1) is 9.72. The number of aromatic carboxylic acids is 1. The van der Waals surface area contributed by atoms with Crippen LogP contribution >= 0.6 is 11.6 Å². The minimum absolute atomic E-state index is 0.277. The lowest BCUT2D eigenvalue weighted by Crippen LogP contribution is -2.41. The largest absolute Gasteiger partial charge is 0.478 e. The van der Waals surface area contributed by atoms with E-state index in [1.54, 1.807) is 0 Å². The summed E-state index contributed by atoms with van der Waals surface area (Å²) in [6.07, 6.45) is 0. The molecule has 1 amide bonds. The van der Waals surface area contributed by atoms with Crippen LogP contribution in [0.3, 0.4) is 0 Å². The smallest absolute Gasteiger partial charge is 0.338 e. The van der Waals surface area contributed by atoms with Crippen molar-refractivity contribution in [2.75, 3.05) is 6.61 Å². The molecule has 1 saturated heterocycles. The molecule has 0 aliphatic carbocycles. The Hall–Kier alpha value is -1.75. The zero-order valence-corrected chi connectivity index (χ0v) is 11.7. The summed E-state index contributed by atoms with van der Waals surface area (Å²) in [5.74, 6) is -3.90.